The Hall–Kier alpha value is -2.11. The fraction of sp³-hybridized carbons (Fsp3) is 0.364. The molecule has 0 aromatic carbocycles. The van der Waals surface area contributed by atoms with Crippen LogP contribution >= 0.6 is 0 Å². The highest BCUT2D eigenvalue weighted by atomic mass is 15.3. The van der Waals surface area contributed by atoms with Gasteiger partial charge in [-0.3, -0.25) is 4.68 Å². The van der Waals surface area contributed by atoms with Crippen molar-refractivity contribution in [2.75, 3.05) is 17.2 Å². The summed E-state index contributed by atoms with van der Waals surface area (Å²) in [6.07, 6.45) is 4.34. The summed E-state index contributed by atoms with van der Waals surface area (Å²) in [4.78, 5) is 8.30. The second-order valence-electron chi connectivity index (χ2n) is 3.68. The molecule has 0 radical (unpaired) electrons. The lowest BCUT2D eigenvalue weighted by Crippen LogP contribution is -2.04. The van der Waals surface area contributed by atoms with Crippen LogP contribution in [0.3, 0.4) is 0 Å². The minimum absolute atomic E-state index is 0.752. The molecule has 17 heavy (non-hydrogen) atoms. The van der Waals surface area contributed by atoms with Crippen LogP contribution in [0.1, 0.15) is 13.3 Å². The number of anilines is 3. The molecule has 6 heteroatoms. The third-order valence-electron chi connectivity index (χ3n) is 2.30. The van der Waals surface area contributed by atoms with Crippen LogP contribution in [-0.2, 0) is 7.05 Å². The number of hydrogen-bond acceptors (Lipinski definition) is 5. The van der Waals surface area contributed by atoms with Crippen LogP contribution in [0.5, 0.6) is 0 Å². The standard InChI is InChI=1S/C11H16N6/c1-3-5-12-9-7-10(14-8-13-9)16-11-4-6-15-17(11)2/h4,6-8H,3,5H2,1-2H3,(H2,12,13,14,16). The molecule has 90 valence electrons. The molecule has 0 bridgehead atoms. The molecule has 0 spiro atoms. The fourth-order valence-corrected chi connectivity index (χ4v) is 1.40. The van der Waals surface area contributed by atoms with Gasteiger partial charge in [-0.1, -0.05) is 6.92 Å². The summed E-state index contributed by atoms with van der Waals surface area (Å²) < 4.78 is 1.75. The van der Waals surface area contributed by atoms with Crippen molar-refractivity contribution >= 4 is 17.5 Å². The van der Waals surface area contributed by atoms with Crippen molar-refractivity contribution in [3.05, 3.63) is 24.7 Å². The summed E-state index contributed by atoms with van der Waals surface area (Å²) in [6.45, 7) is 3.02. The molecule has 0 amide bonds. The summed E-state index contributed by atoms with van der Waals surface area (Å²) in [6, 6.07) is 3.77. The van der Waals surface area contributed by atoms with Gasteiger partial charge in [0.2, 0.25) is 0 Å². The van der Waals surface area contributed by atoms with Gasteiger partial charge in [-0.25, -0.2) is 9.97 Å². The van der Waals surface area contributed by atoms with Gasteiger partial charge in [0.1, 0.15) is 23.8 Å². The van der Waals surface area contributed by atoms with Crippen LogP contribution < -0.4 is 10.6 Å². The Kier molecular flexibility index (Phi) is 3.54. The number of nitrogens with zero attached hydrogens (tertiary/aromatic N) is 4. The maximum Gasteiger partial charge on any atom is 0.137 e. The van der Waals surface area contributed by atoms with E-state index in [2.05, 4.69) is 32.6 Å². The maximum atomic E-state index is 4.16. The molecule has 6 nitrogen and oxygen atoms in total. The fourth-order valence-electron chi connectivity index (χ4n) is 1.40. The van der Waals surface area contributed by atoms with E-state index in [4.69, 9.17) is 0 Å². The molecule has 0 fully saturated rings. The second kappa shape index (κ2) is 5.29. The zero-order chi connectivity index (χ0) is 12.1. The Morgan fingerprint density at radius 1 is 1.29 bits per heavy atom. The van der Waals surface area contributed by atoms with Crippen LogP contribution in [0.15, 0.2) is 24.7 Å². The molecule has 0 saturated carbocycles. The highest BCUT2D eigenvalue weighted by Crippen LogP contribution is 2.14. The van der Waals surface area contributed by atoms with Gasteiger partial charge in [-0.15, -0.1) is 0 Å². The summed E-state index contributed by atoms with van der Waals surface area (Å²) in [5, 5.41) is 10.5. The van der Waals surface area contributed by atoms with E-state index in [0.29, 0.717) is 0 Å². The predicted octanol–water partition coefficient (Wildman–Crippen LogP) is 1.78. The summed E-state index contributed by atoms with van der Waals surface area (Å²) in [5.41, 5.74) is 0. The first-order valence-corrected chi connectivity index (χ1v) is 5.60. The first-order valence-electron chi connectivity index (χ1n) is 5.60. The van der Waals surface area contributed by atoms with E-state index in [1.807, 2.05) is 19.2 Å². The molecule has 0 aliphatic heterocycles. The van der Waals surface area contributed by atoms with Gasteiger partial charge in [0.15, 0.2) is 0 Å². The molecule has 0 aliphatic carbocycles. The van der Waals surface area contributed by atoms with Crippen LogP contribution in [0.4, 0.5) is 17.5 Å². The highest BCUT2D eigenvalue weighted by molar-refractivity contribution is 5.55. The highest BCUT2D eigenvalue weighted by Gasteiger charge is 2.01. The number of rotatable bonds is 5. The topological polar surface area (TPSA) is 67.7 Å². The quantitative estimate of drug-likeness (QED) is 0.822. The van der Waals surface area contributed by atoms with Crippen molar-refractivity contribution in [3.63, 3.8) is 0 Å². The smallest absolute Gasteiger partial charge is 0.137 e. The van der Waals surface area contributed by atoms with Crippen molar-refractivity contribution in [1.29, 1.82) is 0 Å². The maximum absolute atomic E-state index is 4.16. The van der Waals surface area contributed by atoms with Crippen LogP contribution in [-0.4, -0.2) is 26.3 Å². The van der Waals surface area contributed by atoms with Gasteiger partial charge in [0.25, 0.3) is 0 Å². The van der Waals surface area contributed by atoms with E-state index >= 15 is 0 Å². The second-order valence-corrected chi connectivity index (χ2v) is 3.68. The Morgan fingerprint density at radius 2 is 2.12 bits per heavy atom. The molecular formula is C11H16N6. The van der Waals surface area contributed by atoms with Crippen molar-refractivity contribution < 1.29 is 0 Å². The van der Waals surface area contributed by atoms with Crippen molar-refractivity contribution in [2.45, 2.75) is 13.3 Å². The predicted molar refractivity (Wildman–Crippen MR) is 67.3 cm³/mol. The largest absolute Gasteiger partial charge is 0.370 e. The zero-order valence-corrected chi connectivity index (χ0v) is 10.0. The van der Waals surface area contributed by atoms with E-state index in [1.54, 1.807) is 10.9 Å². The third kappa shape index (κ3) is 2.93. The number of nitrogens with one attached hydrogen (secondary N) is 2. The molecule has 0 unspecified atom stereocenters. The van der Waals surface area contributed by atoms with Gasteiger partial charge in [0.05, 0.1) is 6.20 Å². The SMILES string of the molecule is CCCNc1cc(Nc2ccnn2C)ncn1. The monoisotopic (exact) mass is 232 g/mol. The lowest BCUT2D eigenvalue weighted by Gasteiger charge is -2.07. The molecule has 2 aromatic rings. The zero-order valence-electron chi connectivity index (χ0n) is 10.0. The lowest BCUT2D eigenvalue weighted by molar-refractivity contribution is 0.776. The lowest BCUT2D eigenvalue weighted by atomic mass is 10.4. The first kappa shape index (κ1) is 11.4. The molecule has 0 aliphatic rings. The summed E-state index contributed by atoms with van der Waals surface area (Å²) in [7, 11) is 1.87. The molecule has 0 atom stereocenters. The van der Waals surface area contributed by atoms with Crippen LogP contribution in [0, 0.1) is 0 Å². The molecule has 0 saturated heterocycles. The normalized spacial score (nSPS) is 10.2. The molecule has 2 aromatic heterocycles. The molecule has 2 heterocycles. The van der Waals surface area contributed by atoms with Crippen molar-refractivity contribution in [2.24, 2.45) is 7.05 Å². The van der Waals surface area contributed by atoms with E-state index in [-0.39, 0.29) is 0 Å². The van der Waals surface area contributed by atoms with E-state index < -0.39 is 0 Å². The Labute approximate surface area is 100 Å². The van der Waals surface area contributed by atoms with Crippen molar-refractivity contribution in [1.82, 2.24) is 19.7 Å². The van der Waals surface area contributed by atoms with E-state index in [9.17, 15) is 0 Å². The van der Waals surface area contributed by atoms with Crippen molar-refractivity contribution in [3.8, 4) is 0 Å². The average molecular weight is 232 g/mol. The summed E-state index contributed by atoms with van der Waals surface area (Å²) in [5.74, 6) is 2.47. The number of aryl methyl sites for hydroxylation is 1. The Morgan fingerprint density at radius 3 is 2.82 bits per heavy atom. The summed E-state index contributed by atoms with van der Waals surface area (Å²) >= 11 is 0. The molecule has 2 rings (SSSR count). The van der Waals surface area contributed by atoms with Gasteiger partial charge in [-0.05, 0) is 6.42 Å². The first-order chi connectivity index (χ1) is 8.29. The van der Waals surface area contributed by atoms with Gasteiger partial charge in [0, 0.05) is 25.7 Å². The minimum atomic E-state index is 0.752. The van der Waals surface area contributed by atoms with Crippen LogP contribution in [0.25, 0.3) is 0 Å². The number of aromatic nitrogens is 4. The van der Waals surface area contributed by atoms with Crippen LogP contribution in [0.2, 0.25) is 0 Å². The average Bonchev–Trinajstić information content (AvgIpc) is 2.73. The third-order valence-corrected chi connectivity index (χ3v) is 2.30. The minimum Gasteiger partial charge on any atom is -0.370 e. The van der Waals surface area contributed by atoms with Gasteiger partial charge < -0.3 is 10.6 Å². The molecule has 2 N–H and O–H groups in total. The molecular weight excluding hydrogens is 216 g/mol. The van der Waals surface area contributed by atoms with E-state index in [0.717, 1.165) is 30.4 Å². The number of hydrogen-bond donors (Lipinski definition) is 2. The Bertz CT molecular complexity index is 478. The van der Waals surface area contributed by atoms with Gasteiger partial charge >= 0.3 is 0 Å². The Balaban J connectivity index is 2.08. The van der Waals surface area contributed by atoms with E-state index in [1.165, 1.54) is 6.33 Å². The van der Waals surface area contributed by atoms with Gasteiger partial charge in [-0.2, -0.15) is 5.10 Å².